The van der Waals surface area contributed by atoms with Crippen LogP contribution in [0.1, 0.15) is 39.7 Å². The Hall–Kier alpha value is -0.570. The molecule has 1 aromatic carbocycles. The van der Waals surface area contributed by atoms with Gasteiger partial charge in [0.05, 0.1) is 6.10 Å². The Morgan fingerprint density at radius 2 is 1.90 bits per heavy atom. The summed E-state index contributed by atoms with van der Waals surface area (Å²) in [6.07, 6.45) is 2.43. The van der Waals surface area contributed by atoms with E-state index in [1.165, 1.54) is 5.56 Å². The SMILES string of the molecule is CC(C)CNCC(CCOC(C)C)Cc1cccc(Cl)c1. The highest BCUT2D eigenvalue weighted by molar-refractivity contribution is 6.30. The molecule has 1 atom stereocenters. The lowest BCUT2D eigenvalue weighted by Crippen LogP contribution is -2.28. The minimum atomic E-state index is 0.306. The second-order valence-electron chi connectivity index (χ2n) is 6.46. The number of benzene rings is 1. The van der Waals surface area contributed by atoms with Gasteiger partial charge in [-0.3, -0.25) is 0 Å². The molecule has 0 spiro atoms. The summed E-state index contributed by atoms with van der Waals surface area (Å²) in [5.41, 5.74) is 1.31. The molecule has 120 valence electrons. The van der Waals surface area contributed by atoms with Crippen LogP contribution in [0.4, 0.5) is 0 Å². The molecule has 0 bridgehead atoms. The summed E-state index contributed by atoms with van der Waals surface area (Å²) in [7, 11) is 0. The molecule has 0 aliphatic rings. The van der Waals surface area contributed by atoms with Crippen molar-refractivity contribution in [2.45, 2.75) is 46.6 Å². The molecule has 0 radical (unpaired) electrons. The Morgan fingerprint density at radius 1 is 1.14 bits per heavy atom. The number of rotatable bonds is 10. The van der Waals surface area contributed by atoms with Crippen LogP contribution in [0.25, 0.3) is 0 Å². The molecule has 0 heterocycles. The van der Waals surface area contributed by atoms with Gasteiger partial charge in [-0.05, 0) is 69.3 Å². The molecule has 0 aliphatic heterocycles. The van der Waals surface area contributed by atoms with E-state index in [0.717, 1.165) is 37.6 Å². The van der Waals surface area contributed by atoms with E-state index in [2.05, 4.69) is 45.1 Å². The standard InChI is InChI=1S/C18H30ClNO/c1-14(2)12-20-13-17(8-9-21-15(3)4)10-16-6-5-7-18(19)11-16/h5-7,11,14-15,17,20H,8-10,12-13H2,1-4H3. The molecule has 1 aromatic rings. The van der Waals surface area contributed by atoms with Crippen LogP contribution < -0.4 is 5.32 Å². The fourth-order valence-corrected chi connectivity index (χ4v) is 2.53. The third-order valence-electron chi connectivity index (χ3n) is 3.38. The molecule has 0 amide bonds. The summed E-state index contributed by atoms with van der Waals surface area (Å²) in [4.78, 5) is 0. The number of nitrogens with one attached hydrogen (secondary N) is 1. The molecule has 1 rings (SSSR count). The van der Waals surface area contributed by atoms with E-state index in [-0.39, 0.29) is 0 Å². The monoisotopic (exact) mass is 311 g/mol. The first-order valence-electron chi connectivity index (χ1n) is 8.04. The first-order chi connectivity index (χ1) is 9.97. The predicted octanol–water partition coefficient (Wildman–Crippen LogP) is 4.56. The summed E-state index contributed by atoms with van der Waals surface area (Å²) < 4.78 is 5.71. The van der Waals surface area contributed by atoms with Gasteiger partial charge in [-0.2, -0.15) is 0 Å². The van der Waals surface area contributed by atoms with Crippen LogP contribution in [-0.2, 0) is 11.2 Å². The summed E-state index contributed by atoms with van der Waals surface area (Å²) >= 11 is 6.08. The van der Waals surface area contributed by atoms with Crippen LogP contribution in [0.3, 0.4) is 0 Å². The zero-order chi connectivity index (χ0) is 15.7. The first-order valence-corrected chi connectivity index (χ1v) is 8.42. The topological polar surface area (TPSA) is 21.3 Å². The molecule has 1 N–H and O–H groups in total. The maximum Gasteiger partial charge on any atom is 0.0518 e. The fourth-order valence-electron chi connectivity index (χ4n) is 2.32. The molecular formula is C18H30ClNO. The minimum absolute atomic E-state index is 0.306. The Morgan fingerprint density at radius 3 is 2.52 bits per heavy atom. The van der Waals surface area contributed by atoms with Gasteiger partial charge in [0.2, 0.25) is 0 Å². The van der Waals surface area contributed by atoms with Crippen LogP contribution in [0.5, 0.6) is 0 Å². The summed E-state index contributed by atoms with van der Waals surface area (Å²) in [5.74, 6) is 1.27. The molecule has 0 saturated carbocycles. The average molecular weight is 312 g/mol. The maximum absolute atomic E-state index is 6.08. The van der Waals surface area contributed by atoms with Crippen molar-refractivity contribution in [2.75, 3.05) is 19.7 Å². The zero-order valence-electron chi connectivity index (χ0n) is 13.9. The van der Waals surface area contributed by atoms with E-state index in [9.17, 15) is 0 Å². The fraction of sp³-hybridized carbons (Fsp3) is 0.667. The largest absolute Gasteiger partial charge is 0.379 e. The number of hydrogen-bond acceptors (Lipinski definition) is 2. The van der Waals surface area contributed by atoms with Gasteiger partial charge < -0.3 is 10.1 Å². The highest BCUT2D eigenvalue weighted by Gasteiger charge is 2.11. The quantitative estimate of drug-likeness (QED) is 0.684. The van der Waals surface area contributed by atoms with Gasteiger partial charge >= 0.3 is 0 Å². The predicted molar refractivity (Wildman–Crippen MR) is 92.1 cm³/mol. The normalized spacial score (nSPS) is 13.1. The molecule has 0 saturated heterocycles. The van der Waals surface area contributed by atoms with Crippen molar-refractivity contribution in [1.82, 2.24) is 5.32 Å². The molecule has 0 aliphatic carbocycles. The molecule has 0 aromatic heterocycles. The second kappa shape index (κ2) is 10.2. The molecule has 1 unspecified atom stereocenters. The molecule has 21 heavy (non-hydrogen) atoms. The lowest BCUT2D eigenvalue weighted by Gasteiger charge is -2.19. The second-order valence-corrected chi connectivity index (χ2v) is 6.90. The zero-order valence-corrected chi connectivity index (χ0v) is 14.6. The van der Waals surface area contributed by atoms with Gasteiger partial charge in [0.25, 0.3) is 0 Å². The Balaban J connectivity index is 2.49. The smallest absolute Gasteiger partial charge is 0.0518 e. The van der Waals surface area contributed by atoms with Crippen molar-refractivity contribution in [3.63, 3.8) is 0 Å². The van der Waals surface area contributed by atoms with E-state index < -0.39 is 0 Å². The van der Waals surface area contributed by atoms with Crippen molar-refractivity contribution < 1.29 is 4.74 Å². The molecule has 3 heteroatoms. The lowest BCUT2D eigenvalue weighted by atomic mass is 9.96. The van der Waals surface area contributed by atoms with Crippen LogP contribution in [0.2, 0.25) is 5.02 Å². The molecule has 2 nitrogen and oxygen atoms in total. The van der Waals surface area contributed by atoms with Crippen molar-refractivity contribution in [3.8, 4) is 0 Å². The average Bonchev–Trinajstić information content (AvgIpc) is 2.37. The third kappa shape index (κ3) is 9.13. The Labute approximate surface area is 135 Å². The van der Waals surface area contributed by atoms with Crippen molar-refractivity contribution >= 4 is 11.6 Å². The van der Waals surface area contributed by atoms with E-state index >= 15 is 0 Å². The van der Waals surface area contributed by atoms with Gasteiger partial charge in [-0.15, -0.1) is 0 Å². The van der Waals surface area contributed by atoms with E-state index in [0.29, 0.717) is 17.9 Å². The lowest BCUT2D eigenvalue weighted by molar-refractivity contribution is 0.0682. The van der Waals surface area contributed by atoms with Crippen molar-refractivity contribution in [1.29, 1.82) is 0 Å². The number of ether oxygens (including phenoxy) is 1. The highest BCUT2D eigenvalue weighted by Crippen LogP contribution is 2.16. The van der Waals surface area contributed by atoms with Gasteiger partial charge in [-0.1, -0.05) is 37.6 Å². The van der Waals surface area contributed by atoms with Gasteiger partial charge in [0.15, 0.2) is 0 Å². The third-order valence-corrected chi connectivity index (χ3v) is 3.61. The molecule has 0 fully saturated rings. The van der Waals surface area contributed by atoms with Crippen molar-refractivity contribution in [2.24, 2.45) is 11.8 Å². The molecular weight excluding hydrogens is 282 g/mol. The Kier molecular flexibility index (Phi) is 8.98. The van der Waals surface area contributed by atoms with Crippen molar-refractivity contribution in [3.05, 3.63) is 34.9 Å². The summed E-state index contributed by atoms with van der Waals surface area (Å²) in [6.45, 7) is 11.6. The van der Waals surface area contributed by atoms with Gasteiger partial charge in [0.1, 0.15) is 0 Å². The van der Waals surface area contributed by atoms with E-state index in [4.69, 9.17) is 16.3 Å². The number of hydrogen-bond donors (Lipinski definition) is 1. The van der Waals surface area contributed by atoms with Crippen LogP contribution >= 0.6 is 11.6 Å². The summed E-state index contributed by atoms with van der Waals surface area (Å²) in [5, 5.41) is 4.39. The minimum Gasteiger partial charge on any atom is -0.379 e. The van der Waals surface area contributed by atoms with Crippen LogP contribution in [0.15, 0.2) is 24.3 Å². The Bertz CT molecular complexity index is 379. The van der Waals surface area contributed by atoms with Crippen LogP contribution in [-0.4, -0.2) is 25.8 Å². The van der Waals surface area contributed by atoms with Crippen LogP contribution in [0, 0.1) is 11.8 Å². The van der Waals surface area contributed by atoms with E-state index in [1.807, 2.05) is 12.1 Å². The first kappa shape index (κ1) is 18.5. The van der Waals surface area contributed by atoms with Gasteiger partial charge in [0, 0.05) is 11.6 Å². The summed E-state index contributed by atoms with van der Waals surface area (Å²) in [6, 6.07) is 8.19. The highest BCUT2D eigenvalue weighted by atomic mass is 35.5. The number of halogens is 1. The van der Waals surface area contributed by atoms with Gasteiger partial charge in [-0.25, -0.2) is 0 Å². The maximum atomic E-state index is 6.08. The van der Waals surface area contributed by atoms with E-state index in [1.54, 1.807) is 0 Å².